The molecule has 21 heavy (non-hydrogen) atoms. The maximum absolute atomic E-state index is 6.31. The number of nitrogens with zero attached hydrogens (tertiary/aromatic N) is 4. The van der Waals surface area contributed by atoms with Crippen molar-refractivity contribution in [2.75, 3.05) is 7.11 Å². The van der Waals surface area contributed by atoms with E-state index in [0.717, 1.165) is 16.6 Å². The van der Waals surface area contributed by atoms with Crippen molar-refractivity contribution in [1.82, 2.24) is 19.9 Å². The minimum Gasteiger partial charge on any atom is -0.480 e. The first kappa shape index (κ1) is 13.4. The van der Waals surface area contributed by atoms with Gasteiger partial charge in [0.1, 0.15) is 5.82 Å². The van der Waals surface area contributed by atoms with Crippen LogP contribution in [0.25, 0.3) is 10.9 Å². The molecule has 2 N–H and O–H groups in total. The first-order valence-corrected chi connectivity index (χ1v) is 6.54. The third-order valence-electron chi connectivity index (χ3n) is 3.22. The number of fused-ring (bicyclic) bond motifs is 1. The van der Waals surface area contributed by atoms with Gasteiger partial charge in [-0.25, -0.2) is 15.0 Å². The van der Waals surface area contributed by atoms with Crippen LogP contribution in [0.4, 0.5) is 0 Å². The molecule has 106 valence electrons. The van der Waals surface area contributed by atoms with Gasteiger partial charge in [-0.05, 0) is 13.0 Å². The second-order valence-electron chi connectivity index (χ2n) is 4.63. The Hall–Kier alpha value is -2.60. The second kappa shape index (κ2) is 5.41. The van der Waals surface area contributed by atoms with Crippen LogP contribution in [0.3, 0.4) is 0 Å². The molecular formula is C15H15N5O. The van der Waals surface area contributed by atoms with Gasteiger partial charge >= 0.3 is 0 Å². The summed E-state index contributed by atoms with van der Waals surface area (Å²) in [6, 6.07) is 7.32. The summed E-state index contributed by atoms with van der Waals surface area (Å²) in [5.41, 5.74) is 8.57. The standard InChI is InChI=1S/C15H15N5O/c1-9-19-11-6-4-3-5-10(11)15(20-9)14(16)12-7-18-13(21-2)8-17-12/h3-8,14H,16H2,1-2H3. The number of benzene rings is 1. The fraction of sp³-hybridized carbons (Fsp3) is 0.200. The molecule has 0 bridgehead atoms. The molecule has 0 aliphatic rings. The Balaban J connectivity index is 2.09. The number of rotatable bonds is 3. The van der Waals surface area contributed by atoms with Crippen molar-refractivity contribution in [3.63, 3.8) is 0 Å². The zero-order chi connectivity index (χ0) is 14.8. The van der Waals surface area contributed by atoms with Crippen LogP contribution in [-0.2, 0) is 0 Å². The highest BCUT2D eigenvalue weighted by Gasteiger charge is 2.17. The smallest absolute Gasteiger partial charge is 0.231 e. The number of aromatic nitrogens is 4. The normalized spacial score (nSPS) is 12.3. The summed E-state index contributed by atoms with van der Waals surface area (Å²) in [6.07, 6.45) is 3.15. The van der Waals surface area contributed by atoms with E-state index in [9.17, 15) is 0 Å². The Kier molecular flexibility index (Phi) is 3.45. The Bertz CT molecular complexity index is 773. The number of nitrogens with two attached hydrogens (primary N) is 1. The van der Waals surface area contributed by atoms with Crippen molar-refractivity contribution in [2.24, 2.45) is 5.73 Å². The van der Waals surface area contributed by atoms with Crippen molar-refractivity contribution in [3.8, 4) is 5.88 Å². The fourth-order valence-corrected chi connectivity index (χ4v) is 2.19. The number of hydrogen-bond donors (Lipinski definition) is 1. The van der Waals surface area contributed by atoms with Crippen molar-refractivity contribution in [3.05, 3.63) is 53.9 Å². The monoisotopic (exact) mass is 281 g/mol. The van der Waals surface area contributed by atoms with E-state index in [1.165, 1.54) is 0 Å². The average Bonchev–Trinajstić information content (AvgIpc) is 2.53. The molecule has 1 aromatic carbocycles. The molecule has 6 heteroatoms. The molecule has 2 heterocycles. The summed E-state index contributed by atoms with van der Waals surface area (Å²) in [6.45, 7) is 1.85. The first-order valence-electron chi connectivity index (χ1n) is 6.54. The molecule has 0 saturated carbocycles. The minimum absolute atomic E-state index is 0.453. The summed E-state index contributed by atoms with van der Waals surface area (Å²) >= 11 is 0. The lowest BCUT2D eigenvalue weighted by atomic mass is 10.1. The Morgan fingerprint density at radius 1 is 1.10 bits per heavy atom. The fourth-order valence-electron chi connectivity index (χ4n) is 2.19. The van der Waals surface area contributed by atoms with Crippen LogP contribution in [0.15, 0.2) is 36.7 Å². The highest BCUT2D eigenvalue weighted by molar-refractivity contribution is 5.81. The van der Waals surface area contributed by atoms with Gasteiger partial charge in [-0.2, -0.15) is 0 Å². The van der Waals surface area contributed by atoms with E-state index in [1.807, 2.05) is 31.2 Å². The summed E-state index contributed by atoms with van der Waals surface area (Å²) < 4.78 is 5.00. The maximum Gasteiger partial charge on any atom is 0.231 e. The summed E-state index contributed by atoms with van der Waals surface area (Å²) in [4.78, 5) is 17.3. The van der Waals surface area contributed by atoms with Gasteiger partial charge in [-0.3, -0.25) is 4.98 Å². The van der Waals surface area contributed by atoms with Gasteiger partial charge in [0.15, 0.2) is 0 Å². The molecule has 0 aliphatic heterocycles. The molecule has 1 unspecified atom stereocenters. The molecule has 0 saturated heterocycles. The maximum atomic E-state index is 6.31. The van der Waals surface area contributed by atoms with Gasteiger partial charge in [0.05, 0.1) is 42.4 Å². The van der Waals surface area contributed by atoms with Crippen LogP contribution in [0.2, 0.25) is 0 Å². The molecule has 2 aromatic heterocycles. The lowest BCUT2D eigenvalue weighted by molar-refractivity contribution is 0.395. The summed E-state index contributed by atoms with van der Waals surface area (Å²) in [5.74, 6) is 1.13. The molecule has 1 atom stereocenters. The van der Waals surface area contributed by atoms with Gasteiger partial charge in [0, 0.05) is 5.39 Å². The topological polar surface area (TPSA) is 86.8 Å². The number of ether oxygens (including phenoxy) is 1. The molecule has 3 aromatic rings. The van der Waals surface area contributed by atoms with Crippen LogP contribution in [0.1, 0.15) is 23.3 Å². The molecule has 6 nitrogen and oxygen atoms in total. The van der Waals surface area contributed by atoms with Crippen molar-refractivity contribution < 1.29 is 4.74 Å². The highest BCUT2D eigenvalue weighted by Crippen LogP contribution is 2.24. The summed E-state index contributed by atoms with van der Waals surface area (Å²) in [5, 5.41) is 0.924. The van der Waals surface area contributed by atoms with E-state index in [2.05, 4.69) is 19.9 Å². The quantitative estimate of drug-likeness (QED) is 0.787. The molecule has 3 rings (SSSR count). The Morgan fingerprint density at radius 2 is 1.90 bits per heavy atom. The largest absolute Gasteiger partial charge is 0.480 e. The number of methoxy groups -OCH3 is 1. The summed E-state index contributed by atoms with van der Waals surface area (Å²) in [7, 11) is 1.55. The van der Waals surface area contributed by atoms with Crippen LogP contribution < -0.4 is 10.5 Å². The third-order valence-corrected chi connectivity index (χ3v) is 3.22. The van der Waals surface area contributed by atoms with E-state index in [0.29, 0.717) is 17.4 Å². The third kappa shape index (κ3) is 2.53. The lowest BCUT2D eigenvalue weighted by Crippen LogP contribution is -2.17. The van der Waals surface area contributed by atoms with Crippen LogP contribution >= 0.6 is 0 Å². The Morgan fingerprint density at radius 3 is 2.62 bits per heavy atom. The molecular weight excluding hydrogens is 266 g/mol. The van der Waals surface area contributed by atoms with Crippen molar-refractivity contribution in [1.29, 1.82) is 0 Å². The van der Waals surface area contributed by atoms with E-state index < -0.39 is 6.04 Å². The predicted molar refractivity (Wildman–Crippen MR) is 78.9 cm³/mol. The second-order valence-corrected chi connectivity index (χ2v) is 4.63. The molecule has 0 fully saturated rings. The Labute approximate surface area is 122 Å². The lowest BCUT2D eigenvalue weighted by Gasteiger charge is -2.13. The number of hydrogen-bond acceptors (Lipinski definition) is 6. The molecule has 0 amide bonds. The number of aryl methyl sites for hydroxylation is 1. The average molecular weight is 281 g/mol. The van der Waals surface area contributed by atoms with Gasteiger partial charge in [0.25, 0.3) is 0 Å². The minimum atomic E-state index is -0.463. The SMILES string of the molecule is COc1cnc(C(N)c2nc(C)nc3ccccc23)cn1. The van der Waals surface area contributed by atoms with E-state index >= 15 is 0 Å². The van der Waals surface area contributed by atoms with Gasteiger partial charge in [-0.1, -0.05) is 18.2 Å². The van der Waals surface area contributed by atoms with Gasteiger partial charge in [-0.15, -0.1) is 0 Å². The van der Waals surface area contributed by atoms with Gasteiger partial charge in [0.2, 0.25) is 5.88 Å². The van der Waals surface area contributed by atoms with E-state index in [-0.39, 0.29) is 0 Å². The van der Waals surface area contributed by atoms with E-state index in [1.54, 1.807) is 19.5 Å². The van der Waals surface area contributed by atoms with Crippen LogP contribution in [0, 0.1) is 6.92 Å². The van der Waals surface area contributed by atoms with Gasteiger partial charge < -0.3 is 10.5 Å². The zero-order valence-electron chi connectivity index (χ0n) is 11.8. The van der Waals surface area contributed by atoms with Crippen molar-refractivity contribution in [2.45, 2.75) is 13.0 Å². The molecule has 0 spiro atoms. The zero-order valence-corrected chi connectivity index (χ0v) is 11.8. The highest BCUT2D eigenvalue weighted by atomic mass is 16.5. The predicted octanol–water partition coefficient (Wildman–Crippen LogP) is 1.78. The molecule has 0 radical (unpaired) electrons. The van der Waals surface area contributed by atoms with E-state index in [4.69, 9.17) is 10.5 Å². The first-order chi connectivity index (χ1) is 10.2. The van der Waals surface area contributed by atoms with Crippen molar-refractivity contribution >= 4 is 10.9 Å². The van der Waals surface area contributed by atoms with Crippen LogP contribution in [0.5, 0.6) is 5.88 Å². The van der Waals surface area contributed by atoms with Crippen LogP contribution in [-0.4, -0.2) is 27.0 Å². The molecule has 0 aliphatic carbocycles. The number of para-hydroxylation sites is 1.